The van der Waals surface area contributed by atoms with Gasteiger partial charge in [-0.25, -0.2) is 0 Å². The van der Waals surface area contributed by atoms with Gasteiger partial charge in [0.25, 0.3) is 0 Å². The molecule has 2 heteroatoms. The molecule has 118 valence electrons. The van der Waals surface area contributed by atoms with Crippen molar-refractivity contribution in [1.82, 2.24) is 0 Å². The van der Waals surface area contributed by atoms with Crippen LogP contribution >= 0.6 is 0 Å². The summed E-state index contributed by atoms with van der Waals surface area (Å²) < 4.78 is 0. The quantitative estimate of drug-likeness (QED) is 0.877. The van der Waals surface area contributed by atoms with Gasteiger partial charge in [-0.2, -0.15) is 0 Å². The lowest BCUT2D eigenvalue weighted by Crippen LogP contribution is -2.51. The van der Waals surface area contributed by atoms with Crippen molar-refractivity contribution in [2.24, 2.45) is 11.3 Å². The molecule has 2 aromatic carbocycles. The largest absolute Gasteiger partial charge is 0.392 e. The van der Waals surface area contributed by atoms with Crippen LogP contribution < -0.4 is 0 Å². The second-order valence-electron chi connectivity index (χ2n) is 6.85. The van der Waals surface area contributed by atoms with Crippen molar-refractivity contribution in [3.63, 3.8) is 0 Å². The van der Waals surface area contributed by atoms with Crippen LogP contribution in [0.5, 0.6) is 0 Å². The molecule has 1 atom stereocenters. The number of hydrogen-bond acceptors (Lipinski definition) is 2. The van der Waals surface area contributed by atoms with Gasteiger partial charge in [-0.05, 0) is 17.0 Å². The average Bonchev–Trinajstić information content (AvgIpc) is 2.54. The van der Waals surface area contributed by atoms with E-state index in [-0.39, 0.29) is 5.92 Å². The summed E-state index contributed by atoms with van der Waals surface area (Å²) in [5, 5.41) is 22.5. The Hall–Kier alpha value is -1.64. The van der Waals surface area contributed by atoms with Gasteiger partial charge >= 0.3 is 0 Å². The summed E-state index contributed by atoms with van der Waals surface area (Å²) in [7, 11) is 0. The minimum absolute atomic E-state index is 0.0500. The normalized spacial score (nSPS) is 14.1. The molecule has 0 bridgehead atoms. The predicted octanol–water partition coefficient (Wildman–Crippen LogP) is 3.97. The molecule has 0 radical (unpaired) electrons. The van der Waals surface area contributed by atoms with E-state index in [9.17, 15) is 10.2 Å². The molecule has 0 saturated carbocycles. The molecule has 1 unspecified atom stereocenters. The molecule has 0 aromatic heterocycles. The third kappa shape index (κ3) is 2.69. The molecule has 0 heterocycles. The van der Waals surface area contributed by atoms with Crippen LogP contribution in [0.25, 0.3) is 0 Å². The van der Waals surface area contributed by atoms with Crippen molar-refractivity contribution in [3.8, 4) is 0 Å². The van der Waals surface area contributed by atoms with Crippen molar-refractivity contribution in [3.05, 3.63) is 71.8 Å². The topological polar surface area (TPSA) is 40.5 Å². The summed E-state index contributed by atoms with van der Waals surface area (Å²) in [6.07, 6.45) is -0.641. The van der Waals surface area contributed by atoms with Crippen molar-refractivity contribution in [2.45, 2.75) is 39.4 Å². The minimum Gasteiger partial charge on any atom is -0.392 e. The first-order valence-corrected chi connectivity index (χ1v) is 7.83. The van der Waals surface area contributed by atoms with E-state index < -0.39 is 17.1 Å². The standard InChI is InChI=1S/C20H26O2/c1-15(2)18(21)19(3,4)20(22,16-11-7-5-8-12-16)17-13-9-6-10-14-17/h5-15,18,21-22H,1-4H3. The molecule has 0 aliphatic carbocycles. The van der Waals surface area contributed by atoms with Crippen molar-refractivity contribution in [2.75, 3.05) is 0 Å². The van der Waals surface area contributed by atoms with E-state index in [1.54, 1.807) is 0 Å². The zero-order chi connectivity index (χ0) is 16.4. The smallest absolute Gasteiger partial charge is 0.122 e. The van der Waals surface area contributed by atoms with Gasteiger partial charge in [-0.1, -0.05) is 88.4 Å². The summed E-state index contributed by atoms with van der Waals surface area (Å²) >= 11 is 0. The molecule has 0 spiro atoms. The Bertz CT molecular complexity index is 548. The molecule has 2 aromatic rings. The fourth-order valence-electron chi connectivity index (χ4n) is 3.32. The number of benzene rings is 2. The second kappa shape index (κ2) is 6.23. The van der Waals surface area contributed by atoms with Gasteiger partial charge in [-0.3, -0.25) is 0 Å². The molecule has 0 amide bonds. The fraction of sp³-hybridized carbons (Fsp3) is 0.400. The van der Waals surface area contributed by atoms with Gasteiger partial charge in [0, 0.05) is 5.41 Å². The highest BCUT2D eigenvalue weighted by Gasteiger charge is 2.51. The van der Waals surface area contributed by atoms with E-state index in [2.05, 4.69) is 0 Å². The van der Waals surface area contributed by atoms with E-state index in [0.29, 0.717) is 0 Å². The summed E-state index contributed by atoms with van der Waals surface area (Å²) in [5.41, 5.74) is -0.417. The number of aliphatic hydroxyl groups excluding tert-OH is 1. The Morgan fingerprint density at radius 2 is 1.14 bits per heavy atom. The Balaban J connectivity index is 2.67. The lowest BCUT2D eigenvalue weighted by atomic mass is 9.62. The van der Waals surface area contributed by atoms with Crippen LogP contribution in [0.3, 0.4) is 0 Å². The third-order valence-corrected chi connectivity index (χ3v) is 4.69. The van der Waals surface area contributed by atoms with Gasteiger partial charge in [0.15, 0.2) is 0 Å². The summed E-state index contributed by atoms with van der Waals surface area (Å²) in [6.45, 7) is 7.81. The molecule has 2 rings (SSSR count). The second-order valence-corrected chi connectivity index (χ2v) is 6.85. The zero-order valence-electron chi connectivity index (χ0n) is 13.8. The van der Waals surface area contributed by atoms with E-state index in [1.165, 1.54) is 0 Å². The monoisotopic (exact) mass is 298 g/mol. The van der Waals surface area contributed by atoms with Crippen LogP contribution in [0, 0.1) is 11.3 Å². The first kappa shape index (κ1) is 16.7. The predicted molar refractivity (Wildman–Crippen MR) is 90.5 cm³/mol. The fourth-order valence-corrected chi connectivity index (χ4v) is 3.32. The zero-order valence-corrected chi connectivity index (χ0v) is 13.8. The van der Waals surface area contributed by atoms with Crippen LogP contribution in [0.1, 0.15) is 38.8 Å². The van der Waals surface area contributed by atoms with Crippen LogP contribution in [-0.4, -0.2) is 16.3 Å². The lowest BCUT2D eigenvalue weighted by molar-refractivity contribution is -0.120. The van der Waals surface area contributed by atoms with Crippen LogP contribution in [-0.2, 0) is 5.60 Å². The lowest BCUT2D eigenvalue weighted by Gasteiger charge is -2.47. The van der Waals surface area contributed by atoms with Gasteiger partial charge < -0.3 is 10.2 Å². The molecule has 0 saturated heterocycles. The number of aliphatic hydroxyl groups is 2. The highest BCUT2D eigenvalue weighted by molar-refractivity contribution is 5.39. The molecule has 0 aliphatic heterocycles. The number of hydrogen-bond donors (Lipinski definition) is 2. The highest BCUT2D eigenvalue weighted by atomic mass is 16.3. The molecule has 22 heavy (non-hydrogen) atoms. The SMILES string of the molecule is CC(C)C(O)C(C)(C)C(O)(c1ccccc1)c1ccccc1. The molecule has 0 aliphatic rings. The first-order chi connectivity index (χ1) is 10.3. The average molecular weight is 298 g/mol. The number of rotatable bonds is 5. The van der Waals surface area contributed by atoms with Crippen LogP contribution in [0.4, 0.5) is 0 Å². The maximum absolute atomic E-state index is 11.7. The van der Waals surface area contributed by atoms with Crippen LogP contribution in [0.15, 0.2) is 60.7 Å². The van der Waals surface area contributed by atoms with Gasteiger partial charge in [-0.15, -0.1) is 0 Å². The third-order valence-electron chi connectivity index (χ3n) is 4.69. The van der Waals surface area contributed by atoms with E-state index in [4.69, 9.17) is 0 Å². The molecule has 2 N–H and O–H groups in total. The minimum atomic E-state index is -1.26. The van der Waals surface area contributed by atoms with Crippen molar-refractivity contribution < 1.29 is 10.2 Å². The van der Waals surface area contributed by atoms with Gasteiger partial charge in [0.1, 0.15) is 5.60 Å². The molecule has 0 fully saturated rings. The Kier molecular flexibility index (Phi) is 4.74. The molecular formula is C20H26O2. The van der Waals surface area contributed by atoms with Gasteiger partial charge in [0.2, 0.25) is 0 Å². The van der Waals surface area contributed by atoms with Crippen molar-refractivity contribution in [1.29, 1.82) is 0 Å². The highest BCUT2D eigenvalue weighted by Crippen LogP contribution is 2.48. The van der Waals surface area contributed by atoms with E-state index in [1.807, 2.05) is 88.4 Å². The van der Waals surface area contributed by atoms with Crippen molar-refractivity contribution >= 4 is 0 Å². The Labute approximate surface area is 133 Å². The summed E-state index contributed by atoms with van der Waals surface area (Å²) in [4.78, 5) is 0. The maximum Gasteiger partial charge on any atom is 0.122 e. The summed E-state index contributed by atoms with van der Waals surface area (Å²) in [5.74, 6) is 0.0500. The Morgan fingerprint density at radius 3 is 1.45 bits per heavy atom. The van der Waals surface area contributed by atoms with Crippen LogP contribution in [0.2, 0.25) is 0 Å². The molecular weight excluding hydrogens is 272 g/mol. The molecule has 2 nitrogen and oxygen atoms in total. The van der Waals surface area contributed by atoms with Gasteiger partial charge in [0.05, 0.1) is 6.10 Å². The first-order valence-electron chi connectivity index (χ1n) is 7.83. The maximum atomic E-state index is 11.7. The van der Waals surface area contributed by atoms with E-state index >= 15 is 0 Å². The van der Waals surface area contributed by atoms with E-state index in [0.717, 1.165) is 11.1 Å². The Morgan fingerprint density at radius 1 is 0.773 bits per heavy atom. The summed E-state index contributed by atoms with van der Waals surface area (Å²) in [6, 6.07) is 19.2.